The van der Waals surface area contributed by atoms with Gasteiger partial charge in [-0.25, -0.2) is 4.98 Å². The van der Waals surface area contributed by atoms with Crippen molar-refractivity contribution in [2.45, 2.75) is 45.2 Å². The summed E-state index contributed by atoms with van der Waals surface area (Å²) in [5, 5.41) is 2.80. The van der Waals surface area contributed by atoms with Crippen LogP contribution in [0.2, 0.25) is 0 Å². The quantitative estimate of drug-likeness (QED) is 0.737. The summed E-state index contributed by atoms with van der Waals surface area (Å²) in [6.45, 7) is 3.11. The van der Waals surface area contributed by atoms with Crippen LogP contribution in [0.3, 0.4) is 0 Å². The second-order valence-corrected chi connectivity index (χ2v) is 7.06. The van der Waals surface area contributed by atoms with E-state index in [-0.39, 0.29) is 30.2 Å². The minimum atomic E-state index is -0.345. The molecule has 0 spiro atoms. The third-order valence-corrected chi connectivity index (χ3v) is 5.32. The molecular formula is C21H24N4O3. The predicted octanol–water partition coefficient (Wildman–Crippen LogP) is 3.26. The molecule has 3 aromatic heterocycles. The number of fused-ring (bicyclic) bond motifs is 1. The van der Waals surface area contributed by atoms with Crippen molar-refractivity contribution >= 4 is 17.3 Å². The number of hydrogen-bond acceptors (Lipinski definition) is 4. The fourth-order valence-corrected chi connectivity index (χ4v) is 3.84. The molecule has 1 N–H and O–H groups in total. The van der Waals surface area contributed by atoms with Gasteiger partial charge in [-0.1, -0.05) is 13.0 Å². The summed E-state index contributed by atoms with van der Waals surface area (Å²) < 4.78 is 6.93. The van der Waals surface area contributed by atoms with Crippen LogP contribution >= 0.6 is 0 Å². The van der Waals surface area contributed by atoms with E-state index in [1.165, 1.54) is 0 Å². The molecule has 1 saturated heterocycles. The summed E-state index contributed by atoms with van der Waals surface area (Å²) in [5.41, 5.74) is 0.986. The Labute approximate surface area is 163 Å². The topological polar surface area (TPSA) is 79.8 Å². The Morgan fingerprint density at radius 1 is 1.25 bits per heavy atom. The number of furan rings is 1. The van der Waals surface area contributed by atoms with Crippen molar-refractivity contribution in [1.82, 2.24) is 19.6 Å². The highest BCUT2D eigenvalue weighted by Crippen LogP contribution is 2.23. The first-order chi connectivity index (χ1) is 13.7. The molecule has 1 unspecified atom stereocenters. The third kappa shape index (κ3) is 3.40. The Morgan fingerprint density at radius 3 is 2.93 bits per heavy atom. The lowest BCUT2D eigenvalue weighted by Crippen LogP contribution is -2.43. The summed E-state index contributed by atoms with van der Waals surface area (Å²) in [7, 11) is 0. The molecule has 3 aromatic rings. The number of amides is 2. The molecule has 28 heavy (non-hydrogen) atoms. The predicted molar refractivity (Wildman–Crippen MR) is 104 cm³/mol. The van der Waals surface area contributed by atoms with Crippen molar-refractivity contribution < 1.29 is 14.0 Å². The monoisotopic (exact) mass is 380 g/mol. The molecule has 4 rings (SSSR count). The molecule has 1 atom stereocenters. The van der Waals surface area contributed by atoms with E-state index < -0.39 is 0 Å². The Bertz CT molecular complexity index is 977. The van der Waals surface area contributed by atoms with Crippen molar-refractivity contribution in [2.24, 2.45) is 0 Å². The number of imidazole rings is 1. The van der Waals surface area contributed by atoms with Crippen LogP contribution in [-0.4, -0.2) is 38.7 Å². The molecular weight excluding hydrogens is 356 g/mol. The van der Waals surface area contributed by atoms with Crippen LogP contribution in [0, 0.1) is 0 Å². The number of nitrogens with zero attached hydrogens (tertiary/aromatic N) is 3. The first-order valence-corrected chi connectivity index (χ1v) is 9.77. The van der Waals surface area contributed by atoms with E-state index in [0.717, 1.165) is 32.2 Å². The maximum Gasteiger partial charge on any atom is 0.288 e. The Hall–Kier alpha value is -3.09. The highest BCUT2D eigenvalue weighted by atomic mass is 16.3. The highest BCUT2D eigenvalue weighted by molar-refractivity contribution is 6.02. The van der Waals surface area contributed by atoms with Crippen molar-refractivity contribution in [3.63, 3.8) is 0 Å². The third-order valence-electron chi connectivity index (χ3n) is 5.32. The maximum atomic E-state index is 13.3. The number of hydrogen-bond donors (Lipinski definition) is 1. The first kappa shape index (κ1) is 18.3. The van der Waals surface area contributed by atoms with E-state index in [1.54, 1.807) is 29.0 Å². The van der Waals surface area contributed by atoms with E-state index in [9.17, 15) is 9.59 Å². The van der Waals surface area contributed by atoms with Gasteiger partial charge in [0.05, 0.1) is 18.3 Å². The molecule has 1 aliphatic rings. The molecule has 7 nitrogen and oxygen atoms in total. The zero-order valence-corrected chi connectivity index (χ0v) is 15.9. The van der Waals surface area contributed by atoms with E-state index in [0.29, 0.717) is 17.0 Å². The summed E-state index contributed by atoms with van der Waals surface area (Å²) in [5.74, 6) is 0.419. The van der Waals surface area contributed by atoms with E-state index in [4.69, 9.17) is 4.42 Å². The van der Waals surface area contributed by atoms with Gasteiger partial charge in [-0.3, -0.25) is 14.0 Å². The van der Waals surface area contributed by atoms with Gasteiger partial charge in [-0.2, -0.15) is 0 Å². The zero-order valence-electron chi connectivity index (χ0n) is 15.9. The number of rotatable bonds is 5. The summed E-state index contributed by atoms with van der Waals surface area (Å²) >= 11 is 0. The van der Waals surface area contributed by atoms with Gasteiger partial charge in [0.15, 0.2) is 5.69 Å². The highest BCUT2D eigenvalue weighted by Gasteiger charge is 2.30. The van der Waals surface area contributed by atoms with Gasteiger partial charge in [0.25, 0.3) is 11.8 Å². The molecule has 0 radical (unpaired) electrons. The maximum absolute atomic E-state index is 13.3. The van der Waals surface area contributed by atoms with Crippen LogP contribution < -0.4 is 5.32 Å². The van der Waals surface area contributed by atoms with Crippen molar-refractivity contribution in [1.29, 1.82) is 0 Å². The number of carbonyl (C=O) groups excluding carboxylic acids is 2. The fraction of sp³-hybridized carbons (Fsp3) is 0.381. The van der Waals surface area contributed by atoms with Gasteiger partial charge in [-0.05, 0) is 49.9 Å². The van der Waals surface area contributed by atoms with Gasteiger partial charge in [-0.15, -0.1) is 0 Å². The Kier molecular flexibility index (Phi) is 5.14. The second-order valence-electron chi connectivity index (χ2n) is 7.06. The molecule has 2 amide bonds. The van der Waals surface area contributed by atoms with Gasteiger partial charge in [0, 0.05) is 18.8 Å². The molecule has 0 aliphatic carbocycles. The molecule has 0 aromatic carbocycles. The Balaban J connectivity index is 1.64. The molecule has 4 heterocycles. The largest absolute Gasteiger partial charge is 0.467 e. The standard InChI is InChI=1S/C21H24N4O3/c1-2-15-8-3-5-11-24(15)21(27)18-17-10-4-6-12-25(17)19(23-18)20(26)22-14-16-9-7-13-28-16/h4,6-7,9-10,12-13,15H,2-3,5,8,11,14H2,1H3,(H,22,26). The molecule has 7 heteroatoms. The van der Waals surface area contributed by atoms with Crippen molar-refractivity contribution in [3.05, 3.63) is 60.1 Å². The normalized spacial score (nSPS) is 17.0. The zero-order chi connectivity index (χ0) is 19.5. The van der Waals surface area contributed by atoms with E-state index >= 15 is 0 Å². The Morgan fingerprint density at radius 2 is 2.14 bits per heavy atom. The first-order valence-electron chi connectivity index (χ1n) is 9.77. The van der Waals surface area contributed by atoms with Crippen LogP contribution in [0.15, 0.2) is 47.2 Å². The van der Waals surface area contributed by atoms with Crippen LogP contribution in [-0.2, 0) is 6.54 Å². The average Bonchev–Trinajstić information content (AvgIpc) is 3.39. The molecule has 146 valence electrons. The number of pyridine rings is 1. The number of nitrogens with one attached hydrogen (secondary N) is 1. The SMILES string of the molecule is CCC1CCCCN1C(=O)c1nc(C(=O)NCc2ccco2)n2ccccc12. The second kappa shape index (κ2) is 7.88. The fourth-order valence-electron chi connectivity index (χ4n) is 3.84. The minimum Gasteiger partial charge on any atom is -0.467 e. The average molecular weight is 380 g/mol. The van der Waals surface area contributed by atoms with Crippen LogP contribution in [0.4, 0.5) is 0 Å². The van der Waals surface area contributed by atoms with Crippen molar-refractivity contribution in [3.8, 4) is 0 Å². The summed E-state index contributed by atoms with van der Waals surface area (Å²) in [6, 6.07) is 9.30. The van der Waals surface area contributed by atoms with Gasteiger partial charge >= 0.3 is 0 Å². The van der Waals surface area contributed by atoms with Crippen LogP contribution in [0.1, 0.15) is 59.5 Å². The number of likely N-dealkylation sites (tertiary alicyclic amines) is 1. The molecule has 0 saturated carbocycles. The van der Waals surface area contributed by atoms with Crippen LogP contribution in [0.25, 0.3) is 5.52 Å². The lowest BCUT2D eigenvalue weighted by atomic mass is 9.99. The van der Waals surface area contributed by atoms with E-state index in [1.807, 2.05) is 23.1 Å². The molecule has 0 bridgehead atoms. The molecule has 1 aliphatic heterocycles. The number of aromatic nitrogens is 2. The molecule has 1 fully saturated rings. The van der Waals surface area contributed by atoms with Gasteiger partial charge < -0.3 is 14.6 Å². The van der Waals surface area contributed by atoms with Gasteiger partial charge in [0.1, 0.15) is 5.76 Å². The lowest BCUT2D eigenvalue weighted by molar-refractivity contribution is 0.0604. The minimum absolute atomic E-state index is 0.0969. The summed E-state index contributed by atoms with van der Waals surface area (Å²) in [6.07, 6.45) is 7.41. The van der Waals surface area contributed by atoms with E-state index in [2.05, 4.69) is 17.2 Å². The lowest BCUT2D eigenvalue weighted by Gasteiger charge is -2.34. The summed E-state index contributed by atoms with van der Waals surface area (Å²) in [4.78, 5) is 32.4. The number of piperidine rings is 1. The van der Waals surface area contributed by atoms with Crippen molar-refractivity contribution in [2.75, 3.05) is 6.54 Å². The smallest absolute Gasteiger partial charge is 0.288 e. The van der Waals surface area contributed by atoms with Crippen LogP contribution in [0.5, 0.6) is 0 Å². The number of carbonyl (C=O) groups is 2. The van der Waals surface area contributed by atoms with Gasteiger partial charge in [0.2, 0.25) is 5.82 Å².